The zero-order valence-corrected chi connectivity index (χ0v) is 17.7. The van der Waals surface area contributed by atoms with Crippen LogP contribution in [0, 0.1) is 0 Å². The Labute approximate surface area is 188 Å². The Morgan fingerprint density at radius 2 is 1.44 bits per heavy atom. The summed E-state index contributed by atoms with van der Waals surface area (Å²) in [6, 6.07) is 20.4. The van der Waals surface area contributed by atoms with Crippen molar-refractivity contribution in [3.63, 3.8) is 0 Å². The largest absolute Gasteiger partial charge is 0.452 e. The van der Waals surface area contributed by atoms with Crippen LogP contribution in [0.15, 0.2) is 78.9 Å². The average molecular weight is 462 g/mol. The van der Waals surface area contributed by atoms with Gasteiger partial charge in [0.1, 0.15) is 5.92 Å². The molecule has 0 unspecified atom stereocenters. The van der Waals surface area contributed by atoms with Crippen molar-refractivity contribution >= 4 is 29.2 Å². The van der Waals surface area contributed by atoms with E-state index in [0.717, 1.165) is 18.2 Å². The quantitative estimate of drug-likeness (QED) is 0.454. The van der Waals surface area contributed by atoms with Crippen LogP contribution < -0.4 is 5.32 Å². The number of rotatable bonds is 6. The molecule has 0 saturated carbocycles. The minimum Gasteiger partial charge on any atom is -0.452 e. The molecule has 0 aliphatic rings. The Balaban J connectivity index is 1.77. The van der Waals surface area contributed by atoms with Gasteiger partial charge in [-0.2, -0.15) is 13.2 Å². The van der Waals surface area contributed by atoms with Crippen LogP contribution in [0.1, 0.15) is 29.5 Å². The summed E-state index contributed by atoms with van der Waals surface area (Å²) in [6.45, 7) is 1.34. The predicted molar refractivity (Wildman–Crippen MR) is 115 cm³/mol. The lowest BCUT2D eigenvalue weighted by Gasteiger charge is -2.20. The van der Waals surface area contributed by atoms with Crippen LogP contribution in [0.4, 0.5) is 18.9 Å². The van der Waals surface area contributed by atoms with E-state index in [-0.39, 0.29) is 10.7 Å². The molecule has 0 heterocycles. The van der Waals surface area contributed by atoms with E-state index in [1.807, 2.05) is 12.1 Å². The van der Waals surface area contributed by atoms with Crippen LogP contribution in [0.25, 0.3) is 0 Å². The molecule has 1 N–H and O–H groups in total. The fraction of sp³-hybridized carbons (Fsp3) is 0.167. The molecule has 1 atom stereocenters. The summed E-state index contributed by atoms with van der Waals surface area (Å²) < 4.78 is 44.2. The molecule has 0 aliphatic heterocycles. The maximum absolute atomic E-state index is 13.0. The van der Waals surface area contributed by atoms with Gasteiger partial charge in [-0.25, -0.2) is 0 Å². The van der Waals surface area contributed by atoms with E-state index in [2.05, 4.69) is 5.32 Å². The number of alkyl halides is 3. The first-order valence-electron chi connectivity index (χ1n) is 9.65. The fourth-order valence-electron chi connectivity index (χ4n) is 3.08. The third-order valence-corrected chi connectivity index (χ3v) is 5.04. The summed E-state index contributed by atoms with van der Waals surface area (Å²) in [6.07, 6.45) is -5.87. The number of amides is 1. The Hall–Kier alpha value is -3.32. The Bertz CT molecular complexity index is 1050. The minimum atomic E-state index is -4.60. The molecule has 3 aromatic rings. The summed E-state index contributed by atoms with van der Waals surface area (Å²) in [7, 11) is 0. The average Bonchev–Trinajstić information content (AvgIpc) is 2.76. The molecular weight excluding hydrogens is 443 g/mol. The summed E-state index contributed by atoms with van der Waals surface area (Å²) in [4.78, 5) is 25.5. The van der Waals surface area contributed by atoms with Crippen LogP contribution in [-0.4, -0.2) is 18.0 Å². The molecule has 0 saturated heterocycles. The van der Waals surface area contributed by atoms with Gasteiger partial charge >= 0.3 is 12.1 Å². The van der Waals surface area contributed by atoms with E-state index in [9.17, 15) is 22.8 Å². The first kappa shape index (κ1) is 23.3. The van der Waals surface area contributed by atoms with Gasteiger partial charge in [0, 0.05) is 0 Å². The Morgan fingerprint density at radius 1 is 0.906 bits per heavy atom. The first-order chi connectivity index (χ1) is 15.2. The van der Waals surface area contributed by atoms with E-state index in [4.69, 9.17) is 16.3 Å². The highest BCUT2D eigenvalue weighted by atomic mass is 35.5. The zero-order valence-electron chi connectivity index (χ0n) is 16.9. The topological polar surface area (TPSA) is 55.4 Å². The lowest BCUT2D eigenvalue weighted by molar-refractivity contribution is -0.153. The molecule has 8 heteroatoms. The molecule has 0 aliphatic carbocycles. The number of benzene rings is 3. The molecule has 4 nitrogen and oxygen atoms in total. The van der Waals surface area contributed by atoms with Crippen molar-refractivity contribution in [2.75, 3.05) is 5.32 Å². The Morgan fingerprint density at radius 3 is 1.94 bits per heavy atom. The summed E-state index contributed by atoms with van der Waals surface area (Å²) in [5.74, 6) is -2.25. The molecule has 0 fully saturated rings. The van der Waals surface area contributed by atoms with Crippen molar-refractivity contribution in [1.29, 1.82) is 0 Å². The predicted octanol–water partition coefficient (Wildman–Crippen LogP) is 6.06. The number of hydrogen-bond donors (Lipinski definition) is 1. The second kappa shape index (κ2) is 9.87. The molecule has 3 aromatic carbocycles. The fourth-order valence-corrected chi connectivity index (χ4v) is 3.25. The number of nitrogens with one attached hydrogen (secondary N) is 1. The molecular formula is C24H19ClF3NO3. The number of ether oxygens (including phenoxy) is 1. The van der Waals surface area contributed by atoms with Crippen LogP contribution in [0.2, 0.25) is 5.02 Å². The highest BCUT2D eigenvalue weighted by molar-refractivity contribution is 6.33. The molecule has 0 spiro atoms. The summed E-state index contributed by atoms with van der Waals surface area (Å²) in [5.41, 5.74) is 0.168. The molecule has 0 aromatic heterocycles. The smallest absolute Gasteiger partial charge is 0.416 e. The van der Waals surface area contributed by atoms with Gasteiger partial charge in [0.2, 0.25) is 0 Å². The SMILES string of the molecule is C[C@@H](OC(=O)C(c1ccccc1)c1ccccc1)C(=O)Nc1cc(C(F)(F)F)ccc1Cl. The van der Waals surface area contributed by atoms with Gasteiger partial charge in [0.25, 0.3) is 5.91 Å². The van der Waals surface area contributed by atoms with Gasteiger partial charge in [-0.1, -0.05) is 72.3 Å². The third-order valence-electron chi connectivity index (χ3n) is 4.72. The summed E-state index contributed by atoms with van der Waals surface area (Å²) >= 11 is 5.92. The molecule has 1 amide bonds. The van der Waals surface area contributed by atoms with Gasteiger partial charge in [-0.15, -0.1) is 0 Å². The number of halogens is 4. The van der Waals surface area contributed by atoms with E-state index in [1.165, 1.54) is 6.92 Å². The molecule has 0 bridgehead atoms. The molecule has 0 radical (unpaired) electrons. The van der Waals surface area contributed by atoms with Crippen LogP contribution in [0.3, 0.4) is 0 Å². The van der Waals surface area contributed by atoms with E-state index < -0.39 is 35.6 Å². The van der Waals surface area contributed by atoms with Crippen molar-refractivity contribution in [2.24, 2.45) is 0 Å². The summed E-state index contributed by atoms with van der Waals surface area (Å²) in [5, 5.41) is 2.23. The third kappa shape index (κ3) is 5.68. The molecule has 32 heavy (non-hydrogen) atoms. The van der Waals surface area contributed by atoms with Gasteiger partial charge in [0.15, 0.2) is 6.10 Å². The number of anilines is 1. The normalized spacial score (nSPS) is 12.3. The lowest BCUT2D eigenvalue weighted by Crippen LogP contribution is -2.32. The Kier molecular flexibility index (Phi) is 7.20. The monoisotopic (exact) mass is 461 g/mol. The highest BCUT2D eigenvalue weighted by Gasteiger charge is 2.32. The molecule has 166 valence electrons. The number of carbonyl (C=O) groups is 2. The maximum Gasteiger partial charge on any atom is 0.416 e. The second-order valence-electron chi connectivity index (χ2n) is 7.02. The number of carbonyl (C=O) groups excluding carboxylic acids is 2. The lowest BCUT2D eigenvalue weighted by atomic mass is 9.91. The number of esters is 1. The van der Waals surface area contributed by atoms with E-state index >= 15 is 0 Å². The van der Waals surface area contributed by atoms with Gasteiger partial charge < -0.3 is 10.1 Å². The van der Waals surface area contributed by atoms with Gasteiger partial charge in [0.05, 0.1) is 16.3 Å². The second-order valence-corrected chi connectivity index (χ2v) is 7.42. The van der Waals surface area contributed by atoms with Crippen molar-refractivity contribution in [3.8, 4) is 0 Å². The van der Waals surface area contributed by atoms with E-state index in [1.54, 1.807) is 48.5 Å². The van der Waals surface area contributed by atoms with Crippen molar-refractivity contribution in [2.45, 2.75) is 25.1 Å². The highest BCUT2D eigenvalue weighted by Crippen LogP contribution is 2.34. The van der Waals surface area contributed by atoms with Crippen molar-refractivity contribution in [1.82, 2.24) is 0 Å². The van der Waals surface area contributed by atoms with Crippen molar-refractivity contribution in [3.05, 3.63) is 101 Å². The maximum atomic E-state index is 13.0. The van der Waals surface area contributed by atoms with Gasteiger partial charge in [-0.05, 0) is 36.2 Å². The van der Waals surface area contributed by atoms with Crippen LogP contribution >= 0.6 is 11.6 Å². The minimum absolute atomic E-state index is 0.0728. The van der Waals surface area contributed by atoms with Crippen LogP contribution in [-0.2, 0) is 20.5 Å². The standard InChI is InChI=1S/C24H19ClF3NO3/c1-15(22(30)29-20-14-18(24(26,27)28)12-13-19(20)25)32-23(31)21(16-8-4-2-5-9-16)17-10-6-3-7-11-17/h2-15,21H,1H3,(H,29,30)/t15-/m1/s1. The zero-order chi connectivity index (χ0) is 23.3. The first-order valence-corrected chi connectivity index (χ1v) is 10.0. The molecule has 3 rings (SSSR count). The van der Waals surface area contributed by atoms with E-state index in [0.29, 0.717) is 11.1 Å². The van der Waals surface area contributed by atoms with Crippen molar-refractivity contribution < 1.29 is 27.5 Å². The number of hydrogen-bond acceptors (Lipinski definition) is 3. The van der Waals surface area contributed by atoms with Gasteiger partial charge in [-0.3, -0.25) is 9.59 Å². The van der Waals surface area contributed by atoms with Crippen LogP contribution in [0.5, 0.6) is 0 Å².